The van der Waals surface area contributed by atoms with Gasteiger partial charge in [-0.2, -0.15) is 5.10 Å². The van der Waals surface area contributed by atoms with Gasteiger partial charge in [0.05, 0.1) is 5.69 Å². The third-order valence-corrected chi connectivity index (χ3v) is 5.59. The molecule has 0 unspecified atom stereocenters. The van der Waals surface area contributed by atoms with E-state index in [4.69, 9.17) is 0 Å². The number of nitrogens with one attached hydrogen (secondary N) is 3. The van der Waals surface area contributed by atoms with Crippen LogP contribution in [0.25, 0.3) is 17.3 Å². The fraction of sp³-hybridized carbons (Fsp3) is 0.200. The highest BCUT2D eigenvalue weighted by Crippen LogP contribution is 2.18. The molecule has 0 aliphatic carbocycles. The molecule has 3 N–H and O–H groups in total. The van der Waals surface area contributed by atoms with E-state index < -0.39 is 5.91 Å². The number of benzene rings is 2. The average molecular weight is 444 g/mol. The lowest BCUT2D eigenvalue weighted by Crippen LogP contribution is -2.48. The minimum Gasteiger partial charge on any atom is -0.339 e. The second-order valence-electron chi connectivity index (χ2n) is 7.82. The van der Waals surface area contributed by atoms with Crippen LogP contribution in [0, 0.1) is 5.92 Å². The van der Waals surface area contributed by atoms with Crippen molar-refractivity contribution in [2.45, 2.75) is 12.8 Å². The van der Waals surface area contributed by atoms with Gasteiger partial charge >= 0.3 is 0 Å². The summed E-state index contributed by atoms with van der Waals surface area (Å²) in [6.07, 6.45) is 4.42. The van der Waals surface area contributed by atoms with Gasteiger partial charge in [0.25, 0.3) is 5.91 Å². The first-order valence-corrected chi connectivity index (χ1v) is 10.8. The Labute approximate surface area is 191 Å². The lowest BCUT2D eigenvalue weighted by atomic mass is 9.96. The van der Waals surface area contributed by atoms with E-state index in [1.54, 1.807) is 23.1 Å². The summed E-state index contributed by atoms with van der Waals surface area (Å²) >= 11 is 0. The highest BCUT2D eigenvalue weighted by molar-refractivity contribution is 5.95. The first-order chi connectivity index (χ1) is 16.1. The Morgan fingerprint density at radius 2 is 1.61 bits per heavy atom. The largest absolute Gasteiger partial charge is 0.339 e. The molecule has 3 aromatic rings. The van der Waals surface area contributed by atoms with Gasteiger partial charge in [-0.25, -0.2) is 0 Å². The van der Waals surface area contributed by atoms with Crippen molar-refractivity contribution in [2.24, 2.45) is 5.92 Å². The lowest BCUT2D eigenvalue weighted by molar-refractivity contribution is -0.132. The zero-order valence-corrected chi connectivity index (χ0v) is 18.0. The number of carbonyl (C=O) groups is 3. The van der Waals surface area contributed by atoms with Gasteiger partial charge in [0, 0.05) is 30.6 Å². The number of aromatic nitrogens is 2. The highest BCUT2D eigenvalue weighted by Gasteiger charge is 2.27. The van der Waals surface area contributed by atoms with E-state index in [0.29, 0.717) is 31.6 Å². The Balaban J connectivity index is 1.22. The van der Waals surface area contributed by atoms with E-state index in [9.17, 15) is 14.4 Å². The second-order valence-corrected chi connectivity index (χ2v) is 7.82. The molecule has 1 fully saturated rings. The fourth-order valence-corrected chi connectivity index (χ4v) is 3.68. The average Bonchev–Trinajstić information content (AvgIpc) is 3.37. The number of H-pyrrole nitrogens is 1. The maximum absolute atomic E-state index is 12.5. The van der Waals surface area contributed by atoms with Gasteiger partial charge in [-0.1, -0.05) is 60.7 Å². The molecule has 2 heterocycles. The molecule has 1 aliphatic rings. The Kier molecular flexibility index (Phi) is 6.94. The second kappa shape index (κ2) is 10.4. The van der Waals surface area contributed by atoms with Crippen LogP contribution in [0.1, 0.15) is 28.9 Å². The number of piperidine rings is 1. The van der Waals surface area contributed by atoms with Crippen molar-refractivity contribution in [1.82, 2.24) is 25.9 Å². The molecule has 3 amide bonds. The van der Waals surface area contributed by atoms with Crippen molar-refractivity contribution < 1.29 is 14.4 Å². The topological polar surface area (TPSA) is 107 Å². The van der Waals surface area contributed by atoms with E-state index in [-0.39, 0.29) is 23.4 Å². The SMILES string of the molecule is O=C(NNC(=O)C1CCN(C(=O)/C=C/c2ccccc2)CC1)c1cc(-c2ccccc2)n[nH]1. The summed E-state index contributed by atoms with van der Waals surface area (Å²) < 4.78 is 0. The predicted molar refractivity (Wildman–Crippen MR) is 124 cm³/mol. The molecule has 1 aromatic heterocycles. The number of amides is 3. The molecule has 8 nitrogen and oxygen atoms in total. The summed E-state index contributed by atoms with van der Waals surface area (Å²) in [5.41, 5.74) is 7.66. The predicted octanol–water partition coefficient (Wildman–Crippen LogP) is 2.79. The monoisotopic (exact) mass is 443 g/mol. The summed E-state index contributed by atoms with van der Waals surface area (Å²) in [4.78, 5) is 39.0. The summed E-state index contributed by atoms with van der Waals surface area (Å²) in [5.74, 6) is -1.08. The van der Waals surface area contributed by atoms with Gasteiger partial charge in [-0.05, 0) is 30.5 Å². The van der Waals surface area contributed by atoms with Gasteiger partial charge in [0.1, 0.15) is 5.69 Å². The maximum atomic E-state index is 12.5. The molecule has 168 valence electrons. The van der Waals surface area contributed by atoms with Crippen LogP contribution >= 0.6 is 0 Å². The summed E-state index contributed by atoms with van der Waals surface area (Å²) in [7, 11) is 0. The molecule has 1 aliphatic heterocycles. The zero-order chi connectivity index (χ0) is 23.0. The van der Waals surface area contributed by atoms with E-state index >= 15 is 0 Å². The summed E-state index contributed by atoms with van der Waals surface area (Å²) in [5, 5.41) is 6.83. The molecule has 33 heavy (non-hydrogen) atoms. The van der Waals surface area contributed by atoms with Gasteiger partial charge < -0.3 is 4.90 Å². The van der Waals surface area contributed by atoms with Crippen molar-refractivity contribution in [3.63, 3.8) is 0 Å². The van der Waals surface area contributed by atoms with Crippen LogP contribution < -0.4 is 10.9 Å². The summed E-state index contributed by atoms with van der Waals surface area (Å²) in [6.45, 7) is 0.982. The number of likely N-dealkylation sites (tertiary alicyclic amines) is 1. The summed E-state index contributed by atoms with van der Waals surface area (Å²) in [6, 6.07) is 20.7. The van der Waals surface area contributed by atoms with Crippen LogP contribution in [0.3, 0.4) is 0 Å². The van der Waals surface area contributed by atoms with Crippen molar-refractivity contribution in [3.8, 4) is 11.3 Å². The van der Waals surface area contributed by atoms with Crippen LogP contribution in [-0.4, -0.2) is 45.9 Å². The number of carbonyl (C=O) groups excluding carboxylic acids is 3. The Bertz CT molecular complexity index is 1130. The first-order valence-electron chi connectivity index (χ1n) is 10.8. The maximum Gasteiger partial charge on any atom is 0.287 e. The first kappa shape index (κ1) is 22.0. The van der Waals surface area contributed by atoms with Gasteiger partial charge in [0.15, 0.2) is 0 Å². The Hall–Kier alpha value is -4.20. The molecule has 0 bridgehead atoms. The van der Waals surface area contributed by atoms with Crippen molar-refractivity contribution in [2.75, 3.05) is 13.1 Å². The van der Waals surface area contributed by atoms with Crippen molar-refractivity contribution in [1.29, 1.82) is 0 Å². The standard InChI is InChI=1S/C25H25N5O3/c31-23(12-11-18-7-3-1-4-8-18)30-15-13-20(14-16-30)24(32)28-29-25(33)22-17-21(26-27-22)19-9-5-2-6-10-19/h1-12,17,20H,13-16H2,(H,26,27)(H,28,32)(H,29,33)/b12-11+. The third kappa shape index (κ3) is 5.74. The molecule has 0 saturated carbocycles. The van der Waals surface area contributed by atoms with Crippen molar-refractivity contribution in [3.05, 3.63) is 84.1 Å². The van der Waals surface area contributed by atoms with Crippen molar-refractivity contribution >= 4 is 23.8 Å². The fourth-order valence-electron chi connectivity index (χ4n) is 3.68. The smallest absolute Gasteiger partial charge is 0.287 e. The molecule has 0 atom stereocenters. The molecule has 1 saturated heterocycles. The van der Waals surface area contributed by atoms with Gasteiger partial charge in [0.2, 0.25) is 11.8 Å². The van der Waals surface area contributed by atoms with Crippen LogP contribution in [0.2, 0.25) is 0 Å². The molecule has 8 heteroatoms. The number of rotatable bonds is 5. The number of hydrogen-bond acceptors (Lipinski definition) is 4. The van der Waals surface area contributed by atoms with E-state index in [1.165, 1.54) is 0 Å². The van der Waals surface area contributed by atoms with E-state index in [2.05, 4.69) is 21.0 Å². The number of hydrazine groups is 1. The van der Waals surface area contributed by atoms with Crippen LogP contribution in [-0.2, 0) is 9.59 Å². The molecular formula is C25H25N5O3. The molecular weight excluding hydrogens is 418 g/mol. The quantitative estimate of drug-likeness (QED) is 0.416. The molecule has 0 spiro atoms. The number of hydrogen-bond donors (Lipinski definition) is 3. The Morgan fingerprint density at radius 1 is 0.939 bits per heavy atom. The van der Waals surface area contributed by atoms with E-state index in [1.807, 2.05) is 60.7 Å². The minimum atomic E-state index is -0.475. The molecule has 2 aromatic carbocycles. The molecule has 4 rings (SSSR count). The van der Waals surface area contributed by atoms with Gasteiger partial charge in [-0.15, -0.1) is 0 Å². The third-order valence-electron chi connectivity index (χ3n) is 5.59. The van der Waals surface area contributed by atoms with Crippen LogP contribution in [0.4, 0.5) is 0 Å². The molecule has 0 radical (unpaired) electrons. The zero-order valence-electron chi connectivity index (χ0n) is 18.0. The minimum absolute atomic E-state index is 0.0699. The highest BCUT2D eigenvalue weighted by atomic mass is 16.2. The van der Waals surface area contributed by atoms with Crippen LogP contribution in [0.5, 0.6) is 0 Å². The van der Waals surface area contributed by atoms with E-state index in [0.717, 1.165) is 11.1 Å². The number of nitrogens with zero attached hydrogens (tertiary/aromatic N) is 2. The normalized spacial score (nSPS) is 14.2. The Morgan fingerprint density at radius 3 is 2.30 bits per heavy atom. The lowest BCUT2D eigenvalue weighted by Gasteiger charge is -2.30. The van der Waals surface area contributed by atoms with Gasteiger partial charge in [-0.3, -0.25) is 30.3 Å². The number of aromatic amines is 1. The van der Waals surface area contributed by atoms with Crippen LogP contribution in [0.15, 0.2) is 72.8 Å².